The van der Waals surface area contributed by atoms with Crippen LogP contribution >= 0.6 is 0 Å². The molecular formula is C15H18F4N6O3S. The van der Waals surface area contributed by atoms with Gasteiger partial charge in [-0.3, -0.25) is 8.99 Å². The van der Waals surface area contributed by atoms with Crippen LogP contribution in [0.15, 0.2) is 28.0 Å². The molecule has 0 saturated heterocycles. The molecule has 0 spiro atoms. The number of rotatable bonds is 8. The summed E-state index contributed by atoms with van der Waals surface area (Å²) in [5.74, 6) is -1.54. The largest absolute Gasteiger partial charge is 0.419 e. The van der Waals surface area contributed by atoms with E-state index in [-0.39, 0.29) is 28.8 Å². The fourth-order valence-electron chi connectivity index (χ4n) is 2.26. The van der Waals surface area contributed by atoms with Crippen LogP contribution in [0.1, 0.15) is 24.1 Å². The quantitative estimate of drug-likeness (QED) is 0.124. The maximum Gasteiger partial charge on any atom is 0.419 e. The molecule has 0 radical (unpaired) electrons. The Morgan fingerprint density at radius 3 is 2.69 bits per heavy atom. The molecule has 1 aromatic heterocycles. The van der Waals surface area contributed by atoms with Gasteiger partial charge in [-0.25, -0.2) is 9.02 Å². The van der Waals surface area contributed by atoms with Crippen molar-refractivity contribution in [2.24, 2.45) is 5.16 Å². The first-order valence-corrected chi connectivity index (χ1v) is 10.3. The van der Waals surface area contributed by atoms with Gasteiger partial charge in [0.05, 0.1) is 5.56 Å². The number of unbranched alkanes of at least 4 members (excludes halogenated alkanes) is 1. The van der Waals surface area contributed by atoms with E-state index >= 15 is 0 Å². The van der Waals surface area contributed by atoms with E-state index in [4.69, 9.17) is 4.78 Å². The average Bonchev–Trinajstić information content (AvgIpc) is 3.07. The Hall–Kier alpha value is -2.90. The predicted octanol–water partition coefficient (Wildman–Crippen LogP) is 3.34. The van der Waals surface area contributed by atoms with Crippen LogP contribution in [0.3, 0.4) is 0 Å². The van der Waals surface area contributed by atoms with Crippen LogP contribution in [0.4, 0.5) is 29.1 Å². The summed E-state index contributed by atoms with van der Waals surface area (Å²) in [6, 6.07) is 2.17. The summed E-state index contributed by atoms with van der Waals surface area (Å²) in [5, 5.41) is 24.5. The number of aromatic nitrogens is 2. The zero-order chi connectivity index (χ0) is 21.7. The standard InChI is InChI=1S/C15H18F4N6O3S/c1-29(20,27)7-3-2-6-21-13-12(24-28-25-13)14(23-26)22-9-4-5-11(16)10(8-9)15(17,18)19/h4-5,8,20,26H,2-3,6-7H2,1H3,(H,21,25)(H,22,23). The van der Waals surface area contributed by atoms with Crippen molar-refractivity contribution in [1.82, 2.24) is 10.3 Å². The van der Waals surface area contributed by atoms with Crippen LogP contribution in [-0.4, -0.2) is 44.1 Å². The molecule has 29 heavy (non-hydrogen) atoms. The van der Waals surface area contributed by atoms with Crippen LogP contribution in [0.2, 0.25) is 0 Å². The maximum absolute atomic E-state index is 13.4. The molecule has 9 nitrogen and oxygen atoms in total. The van der Waals surface area contributed by atoms with Crippen molar-refractivity contribution in [2.45, 2.75) is 19.0 Å². The first-order valence-electron chi connectivity index (χ1n) is 8.15. The van der Waals surface area contributed by atoms with Crippen LogP contribution in [0, 0.1) is 10.6 Å². The second kappa shape index (κ2) is 9.07. The van der Waals surface area contributed by atoms with Gasteiger partial charge in [0, 0.05) is 34.0 Å². The van der Waals surface area contributed by atoms with E-state index in [0.29, 0.717) is 31.5 Å². The van der Waals surface area contributed by atoms with E-state index in [1.165, 1.54) is 6.26 Å². The van der Waals surface area contributed by atoms with E-state index in [9.17, 15) is 27.0 Å². The lowest BCUT2D eigenvalue weighted by molar-refractivity contribution is -0.139. The summed E-state index contributed by atoms with van der Waals surface area (Å²) in [5.41, 5.74) is -1.81. The van der Waals surface area contributed by atoms with Gasteiger partial charge in [0.15, 0.2) is 5.69 Å². The number of benzene rings is 1. The van der Waals surface area contributed by atoms with Crippen LogP contribution in [-0.2, 0) is 15.9 Å². The third-order valence-electron chi connectivity index (χ3n) is 3.60. The van der Waals surface area contributed by atoms with Gasteiger partial charge in [0.25, 0.3) is 0 Å². The molecule has 160 valence electrons. The lowest BCUT2D eigenvalue weighted by Gasteiger charge is -2.12. The monoisotopic (exact) mass is 438 g/mol. The Bertz CT molecular complexity index is 975. The number of nitrogens with zero attached hydrogens (tertiary/aromatic N) is 3. The van der Waals surface area contributed by atoms with E-state index in [1.54, 1.807) is 0 Å². The van der Waals surface area contributed by atoms with Crippen molar-refractivity contribution >= 4 is 27.1 Å². The van der Waals surface area contributed by atoms with Gasteiger partial charge in [-0.05, 0) is 41.4 Å². The van der Waals surface area contributed by atoms with Crippen molar-refractivity contribution in [2.75, 3.05) is 29.2 Å². The molecule has 0 aliphatic heterocycles. The number of nitrogens with one attached hydrogen (secondary N) is 3. The first kappa shape index (κ1) is 22.4. The SMILES string of the molecule is CS(=N)(=O)CCCCNc1nonc1/C(=N/O)Nc1ccc(F)c(C(F)(F)F)c1. The van der Waals surface area contributed by atoms with Crippen molar-refractivity contribution in [3.8, 4) is 0 Å². The molecule has 0 bridgehead atoms. The van der Waals surface area contributed by atoms with Gasteiger partial charge in [0.1, 0.15) is 5.82 Å². The molecule has 0 aliphatic carbocycles. The highest BCUT2D eigenvalue weighted by Gasteiger charge is 2.34. The molecule has 1 heterocycles. The predicted molar refractivity (Wildman–Crippen MR) is 97.0 cm³/mol. The smallest absolute Gasteiger partial charge is 0.409 e. The van der Waals surface area contributed by atoms with Crippen molar-refractivity contribution < 1.29 is 31.6 Å². The number of hydrogen-bond donors (Lipinski definition) is 4. The lowest BCUT2D eigenvalue weighted by Crippen LogP contribution is -2.18. The van der Waals surface area contributed by atoms with E-state index in [1.807, 2.05) is 0 Å². The second-order valence-corrected chi connectivity index (χ2v) is 8.49. The van der Waals surface area contributed by atoms with Gasteiger partial charge < -0.3 is 15.8 Å². The molecule has 1 unspecified atom stereocenters. The normalized spacial score (nSPS) is 14.4. The summed E-state index contributed by atoms with van der Waals surface area (Å²) in [6.07, 6.45) is -2.50. The summed E-state index contributed by atoms with van der Waals surface area (Å²) >= 11 is 0. The molecule has 0 amide bonds. The zero-order valence-electron chi connectivity index (χ0n) is 15.1. The number of amidine groups is 1. The lowest BCUT2D eigenvalue weighted by atomic mass is 10.1. The highest BCUT2D eigenvalue weighted by Crippen LogP contribution is 2.33. The van der Waals surface area contributed by atoms with Crippen molar-refractivity contribution in [3.05, 3.63) is 35.3 Å². The van der Waals surface area contributed by atoms with Crippen LogP contribution in [0.25, 0.3) is 0 Å². The molecule has 14 heteroatoms. The minimum Gasteiger partial charge on any atom is -0.409 e. The first-order chi connectivity index (χ1) is 13.5. The second-order valence-electron chi connectivity index (χ2n) is 6.07. The topological polar surface area (TPSA) is 136 Å². The Morgan fingerprint density at radius 2 is 2.07 bits per heavy atom. The van der Waals surface area contributed by atoms with E-state index in [0.717, 1.165) is 6.07 Å². The summed E-state index contributed by atoms with van der Waals surface area (Å²) in [4.78, 5) is 0. The van der Waals surface area contributed by atoms with Crippen LogP contribution < -0.4 is 10.6 Å². The minimum absolute atomic E-state index is 0.0477. The molecule has 2 aromatic rings. The Kier molecular flexibility index (Phi) is 7.00. The Morgan fingerprint density at radius 1 is 1.34 bits per heavy atom. The minimum atomic E-state index is -4.90. The molecule has 0 aliphatic rings. The number of oxime groups is 1. The zero-order valence-corrected chi connectivity index (χ0v) is 15.9. The third kappa shape index (κ3) is 6.58. The van der Waals surface area contributed by atoms with Gasteiger partial charge in [-0.2, -0.15) is 13.2 Å². The third-order valence-corrected chi connectivity index (χ3v) is 4.67. The number of alkyl halides is 3. The van der Waals surface area contributed by atoms with Crippen LogP contribution in [0.5, 0.6) is 0 Å². The summed E-state index contributed by atoms with van der Waals surface area (Å²) in [7, 11) is -2.58. The Balaban J connectivity index is 2.08. The molecule has 0 saturated carbocycles. The molecule has 2 rings (SSSR count). The molecule has 0 fully saturated rings. The fourth-order valence-corrected chi connectivity index (χ4v) is 3.01. The number of hydrogen-bond acceptors (Lipinski definition) is 8. The van der Waals surface area contributed by atoms with E-state index < -0.39 is 27.3 Å². The van der Waals surface area contributed by atoms with E-state index in [2.05, 4.69) is 30.7 Å². The molecular weight excluding hydrogens is 420 g/mol. The Labute approximate surface area is 163 Å². The number of anilines is 2. The highest BCUT2D eigenvalue weighted by atomic mass is 32.2. The molecule has 1 atom stereocenters. The van der Waals surface area contributed by atoms with Gasteiger partial charge in [-0.1, -0.05) is 5.16 Å². The molecule has 1 aromatic carbocycles. The highest BCUT2D eigenvalue weighted by molar-refractivity contribution is 7.91. The van der Waals surface area contributed by atoms with Gasteiger partial charge in [-0.15, -0.1) is 0 Å². The van der Waals surface area contributed by atoms with Crippen molar-refractivity contribution in [3.63, 3.8) is 0 Å². The summed E-state index contributed by atoms with van der Waals surface area (Å²) in [6.45, 7) is 0.338. The molecule has 4 N–H and O–H groups in total. The summed E-state index contributed by atoms with van der Waals surface area (Å²) < 4.78 is 75.1. The van der Waals surface area contributed by atoms with Gasteiger partial charge >= 0.3 is 6.18 Å². The average molecular weight is 438 g/mol. The van der Waals surface area contributed by atoms with Crippen molar-refractivity contribution in [1.29, 1.82) is 4.78 Å². The maximum atomic E-state index is 13.4. The number of halogens is 4. The van der Waals surface area contributed by atoms with Gasteiger partial charge in [0.2, 0.25) is 11.7 Å². The fraction of sp³-hybridized carbons (Fsp3) is 0.400.